The van der Waals surface area contributed by atoms with E-state index in [0.29, 0.717) is 28.4 Å². The van der Waals surface area contributed by atoms with E-state index in [1.165, 1.54) is 4.68 Å². The number of amides is 3. The molecule has 9 heteroatoms. The van der Waals surface area contributed by atoms with Gasteiger partial charge in [-0.25, -0.2) is 9.48 Å². The van der Waals surface area contributed by atoms with E-state index in [1.807, 2.05) is 30.3 Å². The van der Waals surface area contributed by atoms with Crippen LogP contribution in [0.25, 0.3) is 5.69 Å². The van der Waals surface area contributed by atoms with Gasteiger partial charge in [0.2, 0.25) is 0 Å². The lowest BCUT2D eigenvalue weighted by Gasteiger charge is -2.09. The molecule has 3 N–H and O–H groups in total. The first kappa shape index (κ1) is 21.2. The highest BCUT2D eigenvalue weighted by Crippen LogP contribution is 2.25. The summed E-state index contributed by atoms with van der Waals surface area (Å²) in [6.45, 7) is 2.01. The Labute approximate surface area is 189 Å². The van der Waals surface area contributed by atoms with Crippen molar-refractivity contribution in [2.45, 2.75) is 13.5 Å². The number of para-hydroxylation sites is 1. The highest BCUT2D eigenvalue weighted by atomic mass is 35.5. The molecule has 32 heavy (non-hydrogen) atoms. The predicted octanol–water partition coefficient (Wildman–Crippen LogP) is 5.00. The summed E-state index contributed by atoms with van der Waals surface area (Å²) in [5.41, 5.74) is 2.71. The van der Waals surface area contributed by atoms with E-state index in [2.05, 4.69) is 21.0 Å². The second kappa shape index (κ2) is 9.40. The average molecular weight is 450 g/mol. The molecule has 2 heterocycles. The molecule has 4 aromatic rings. The van der Waals surface area contributed by atoms with Gasteiger partial charge in [-0.1, -0.05) is 29.8 Å². The van der Waals surface area contributed by atoms with Crippen LogP contribution in [0.15, 0.2) is 77.4 Å². The van der Waals surface area contributed by atoms with Gasteiger partial charge in [-0.2, -0.15) is 5.10 Å². The molecule has 4 rings (SSSR count). The molecule has 8 nitrogen and oxygen atoms in total. The van der Waals surface area contributed by atoms with Crippen LogP contribution in [0.3, 0.4) is 0 Å². The van der Waals surface area contributed by atoms with Gasteiger partial charge in [-0.05, 0) is 55.5 Å². The molecule has 3 amide bonds. The van der Waals surface area contributed by atoms with Crippen LogP contribution in [0, 0.1) is 6.92 Å². The molecule has 0 fully saturated rings. The van der Waals surface area contributed by atoms with Crippen molar-refractivity contribution in [1.29, 1.82) is 0 Å². The Bertz CT molecular complexity index is 1220. The van der Waals surface area contributed by atoms with Crippen LogP contribution in [0.4, 0.5) is 16.2 Å². The number of urea groups is 1. The van der Waals surface area contributed by atoms with Gasteiger partial charge in [0, 0.05) is 11.4 Å². The SMILES string of the molecule is Cc1nn(-c2ccccc2)c(Cl)c1C(=O)Nc1ccc(NC(=O)NCc2ccco2)cc1. The molecule has 0 saturated heterocycles. The zero-order chi connectivity index (χ0) is 22.5. The van der Waals surface area contributed by atoms with Crippen LogP contribution < -0.4 is 16.0 Å². The number of hydrogen-bond acceptors (Lipinski definition) is 4. The smallest absolute Gasteiger partial charge is 0.319 e. The quantitative estimate of drug-likeness (QED) is 0.385. The summed E-state index contributed by atoms with van der Waals surface area (Å²) in [4.78, 5) is 24.8. The standard InChI is InChI=1S/C23H20ClN5O3/c1-15-20(21(24)29(28-15)18-6-3-2-4-7-18)22(30)26-16-9-11-17(12-10-16)27-23(31)25-14-19-8-5-13-32-19/h2-13H,14H2,1H3,(H,26,30)(H2,25,27,31). The number of hydrogen-bond donors (Lipinski definition) is 3. The van der Waals surface area contributed by atoms with Crippen LogP contribution >= 0.6 is 11.6 Å². The maximum atomic E-state index is 12.8. The molecule has 0 aliphatic heterocycles. The lowest BCUT2D eigenvalue weighted by atomic mass is 10.2. The number of aryl methyl sites for hydroxylation is 1. The van der Waals surface area contributed by atoms with Crippen molar-refractivity contribution in [3.8, 4) is 5.69 Å². The minimum Gasteiger partial charge on any atom is -0.467 e. The molecule has 0 unspecified atom stereocenters. The first-order valence-corrected chi connectivity index (χ1v) is 10.2. The van der Waals surface area contributed by atoms with E-state index < -0.39 is 0 Å². The fourth-order valence-corrected chi connectivity index (χ4v) is 3.44. The number of nitrogens with one attached hydrogen (secondary N) is 3. The Morgan fingerprint density at radius 2 is 1.66 bits per heavy atom. The maximum absolute atomic E-state index is 12.8. The number of carbonyl (C=O) groups is 2. The summed E-state index contributed by atoms with van der Waals surface area (Å²) >= 11 is 6.45. The number of halogens is 1. The molecule has 0 aliphatic rings. The molecule has 0 radical (unpaired) electrons. The number of anilines is 2. The van der Waals surface area contributed by atoms with Crippen LogP contribution in [-0.4, -0.2) is 21.7 Å². The summed E-state index contributed by atoms with van der Waals surface area (Å²) in [5.74, 6) is 0.286. The fraction of sp³-hybridized carbons (Fsp3) is 0.0870. The zero-order valence-corrected chi connectivity index (χ0v) is 17.9. The van der Waals surface area contributed by atoms with Crippen molar-refractivity contribution in [1.82, 2.24) is 15.1 Å². The zero-order valence-electron chi connectivity index (χ0n) is 17.1. The number of rotatable bonds is 6. The predicted molar refractivity (Wildman–Crippen MR) is 122 cm³/mol. The van der Waals surface area contributed by atoms with E-state index in [-0.39, 0.29) is 23.6 Å². The summed E-state index contributed by atoms with van der Waals surface area (Å²) < 4.78 is 6.70. The van der Waals surface area contributed by atoms with Crippen LogP contribution in [-0.2, 0) is 6.54 Å². The van der Waals surface area contributed by atoms with E-state index in [9.17, 15) is 9.59 Å². The molecule has 2 aromatic heterocycles. The Morgan fingerprint density at radius 3 is 2.31 bits per heavy atom. The van der Waals surface area contributed by atoms with Crippen molar-refractivity contribution in [2.75, 3.05) is 10.6 Å². The Hall–Kier alpha value is -4.04. The molecular weight excluding hydrogens is 430 g/mol. The number of furan rings is 1. The van der Waals surface area contributed by atoms with Crippen LogP contribution in [0.5, 0.6) is 0 Å². The topological polar surface area (TPSA) is 101 Å². The third-order valence-corrected chi connectivity index (χ3v) is 4.98. The normalized spacial score (nSPS) is 10.6. The maximum Gasteiger partial charge on any atom is 0.319 e. The number of aromatic nitrogens is 2. The van der Waals surface area contributed by atoms with Gasteiger partial charge in [0.15, 0.2) is 0 Å². The Morgan fingerprint density at radius 1 is 0.969 bits per heavy atom. The summed E-state index contributed by atoms with van der Waals surface area (Å²) in [6.07, 6.45) is 1.54. The second-order valence-corrected chi connectivity index (χ2v) is 7.28. The summed E-state index contributed by atoms with van der Waals surface area (Å²) in [7, 11) is 0. The van der Waals surface area contributed by atoms with Gasteiger partial charge in [-0.15, -0.1) is 0 Å². The minimum atomic E-state index is -0.369. The second-order valence-electron chi connectivity index (χ2n) is 6.92. The summed E-state index contributed by atoms with van der Waals surface area (Å²) in [6, 6.07) is 19.2. The van der Waals surface area contributed by atoms with Crippen LogP contribution in [0.1, 0.15) is 21.8 Å². The highest BCUT2D eigenvalue weighted by Gasteiger charge is 2.21. The molecule has 2 aromatic carbocycles. The average Bonchev–Trinajstić information content (AvgIpc) is 3.42. The minimum absolute atomic E-state index is 0.234. The molecular formula is C23H20ClN5O3. The van der Waals surface area contributed by atoms with Gasteiger partial charge >= 0.3 is 6.03 Å². The van der Waals surface area contributed by atoms with E-state index in [1.54, 1.807) is 49.6 Å². The molecule has 162 valence electrons. The Kier molecular flexibility index (Phi) is 6.23. The van der Waals surface area contributed by atoms with Gasteiger partial charge in [0.25, 0.3) is 5.91 Å². The highest BCUT2D eigenvalue weighted by molar-refractivity contribution is 6.34. The van der Waals surface area contributed by atoms with E-state index in [0.717, 1.165) is 5.69 Å². The van der Waals surface area contributed by atoms with Crippen molar-refractivity contribution < 1.29 is 14.0 Å². The molecule has 0 atom stereocenters. The lowest BCUT2D eigenvalue weighted by molar-refractivity contribution is 0.102. The van der Waals surface area contributed by atoms with E-state index >= 15 is 0 Å². The Balaban J connectivity index is 1.39. The van der Waals surface area contributed by atoms with Gasteiger partial charge in [-0.3, -0.25) is 4.79 Å². The van der Waals surface area contributed by atoms with Crippen LogP contribution in [0.2, 0.25) is 5.15 Å². The molecule has 0 bridgehead atoms. The van der Waals surface area contributed by atoms with Gasteiger partial charge < -0.3 is 20.4 Å². The van der Waals surface area contributed by atoms with Crippen molar-refractivity contribution in [3.05, 3.63) is 95.2 Å². The largest absolute Gasteiger partial charge is 0.467 e. The van der Waals surface area contributed by atoms with Gasteiger partial charge in [0.1, 0.15) is 16.5 Å². The monoisotopic (exact) mass is 449 g/mol. The van der Waals surface area contributed by atoms with E-state index in [4.69, 9.17) is 16.0 Å². The number of benzene rings is 2. The van der Waals surface area contributed by atoms with Crippen molar-refractivity contribution in [3.63, 3.8) is 0 Å². The number of carbonyl (C=O) groups excluding carboxylic acids is 2. The molecule has 0 aliphatic carbocycles. The molecule has 0 spiro atoms. The third-order valence-electron chi connectivity index (χ3n) is 4.64. The van der Waals surface area contributed by atoms with Gasteiger partial charge in [0.05, 0.1) is 24.2 Å². The lowest BCUT2D eigenvalue weighted by Crippen LogP contribution is -2.27. The summed E-state index contributed by atoms with van der Waals surface area (Å²) in [5, 5.41) is 12.8. The number of nitrogens with zero attached hydrogens (tertiary/aromatic N) is 2. The van der Waals surface area contributed by atoms with Crippen molar-refractivity contribution in [2.24, 2.45) is 0 Å². The fourth-order valence-electron chi connectivity index (χ4n) is 3.08. The first-order valence-electron chi connectivity index (χ1n) is 9.80. The third kappa shape index (κ3) is 4.81. The van der Waals surface area contributed by atoms with Crippen molar-refractivity contribution >= 4 is 34.9 Å². The first-order chi connectivity index (χ1) is 15.5. The molecule has 0 saturated carbocycles.